The fourth-order valence-electron chi connectivity index (χ4n) is 2.05. The molecule has 0 spiro atoms. The summed E-state index contributed by atoms with van der Waals surface area (Å²) < 4.78 is 6.76. The highest BCUT2D eigenvalue weighted by molar-refractivity contribution is 5.76. The van der Waals surface area contributed by atoms with Gasteiger partial charge in [0.15, 0.2) is 0 Å². The van der Waals surface area contributed by atoms with Crippen molar-refractivity contribution < 1.29 is 9.32 Å². The minimum Gasteiger partial charge on any atom is -0.345 e. The molecule has 1 unspecified atom stereocenters. The number of amides is 1. The maximum Gasteiger partial charge on any atom is 0.249 e. The van der Waals surface area contributed by atoms with E-state index in [-0.39, 0.29) is 12.3 Å². The molecule has 3 rings (SSSR count). The third-order valence-corrected chi connectivity index (χ3v) is 3.35. The number of carbonyl (C=O) groups excluding carboxylic acids is 1. The number of hydrogen-bond acceptors (Lipinski definition) is 8. The SMILES string of the molecule is Cc1nnnn1CCC(=O)NC(C)c1nc(-c2ccccn2)no1. The summed E-state index contributed by atoms with van der Waals surface area (Å²) in [6, 6.07) is 5.02. The predicted molar refractivity (Wildman–Crippen MR) is 81.3 cm³/mol. The van der Waals surface area contributed by atoms with Crippen LogP contribution in [0.3, 0.4) is 0 Å². The fraction of sp³-hybridized carbons (Fsp3) is 0.357. The molecule has 24 heavy (non-hydrogen) atoms. The van der Waals surface area contributed by atoms with Crippen molar-refractivity contribution in [2.75, 3.05) is 0 Å². The lowest BCUT2D eigenvalue weighted by Crippen LogP contribution is -2.28. The van der Waals surface area contributed by atoms with Crippen molar-refractivity contribution in [2.45, 2.75) is 32.9 Å². The molecule has 0 aliphatic carbocycles. The molecule has 0 saturated heterocycles. The maximum absolute atomic E-state index is 12.0. The summed E-state index contributed by atoms with van der Waals surface area (Å²) in [5.74, 6) is 1.21. The summed E-state index contributed by atoms with van der Waals surface area (Å²) in [6.07, 6.45) is 1.90. The van der Waals surface area contributed by atoms with E-state index in [0.717, 1.165) is 0 Å². The summed E-state index contributed by atoms with van der Waals surface area (Å²) in [6.45, 7) is 3.95. The quantitative estimate of drug-likeness (QED) is 0.701. The van der Waals surface area contributed by atoms with Gasteiger partial charge < -0.3 is 9.84 Å². The van der Waals surface area contributed by atoms with E-state index >= 15 is 0 Å². The molecule has 124 valence electrons. The summed E-state index contributed by atoms with van der Waals surface area (Å²) in [5.41, 5.74) is 0.611. The minimum atomic E-state index is -0.405. The number of rotatable bonds is 6. The Morgan fingerprint density at radius 2 is 2.29 bits per heavy atom. The second-order valence-corrected chi connectivity index (χ2v) is 5.16. The normalized spacial score (nSPS) is 12.1. The molecule has 3 aromatic rings. The van der Waals surface area contributed by atoms with Gasteiger partial charge in [0.05, 0.1) is 6.54 Å². The van der Waals surface area contributed by atoms with Crippen LogP contribution >= 0.6 is 0 Å². The van der Waals surface area contributed by atoms with Crippen LogP contribution in [0.4, 0.5) is 0 Å². The predicted octanol–water partition coefficient (Wildman–Crippen LogP) is 0.694. The van der Waals surface area contributed by atoms with Crippen LogP contribution in [-0.2, 0) is 11.3 Å². The molecular formula is C14H16N8O2. The first-order valence-corrected chi connectivity index (χ1v) is 7.40. The monoisotopic (exact) mass is 328 g/mol. The van der Waals surface area contributed by atoms with Gasteiger partial charge >= 0.3 is 0 Å². The van der Waals surface area contributed by atoms with Gasteiger partial charge in [0, 0.05) is 12.6 Å². The molecule has 0 aromatic carbocycles. The van der Waals surface area contributed by atoms with Crippen LogP contribution in [0.15, 0.2) is 28.9 Å². The van der Waals surface area contributed by atoms with Crippen LogP contribution in [0.2, 0.25) is 0 Å². The van der Waals surface area contributed by atoms with Crippen molar-refractivity contribution >= 4 is 5.91 Å². The number of aryl methyl sites for hydroxylation is 2. The molecule has 10 heteroatoms. The van der Waals surface area contributed by atoms with Crippen LogP contribution in [0.25, 0.3) is 11.5 Å². The Morgan fingerprint density at radius 1 is 1.42 bits per heavy atom. The third-order valence-electron chi connectivity index (χ3n) is 3.35. The summed E-state index contributed by atoms with van der Waals surface area (Å²) >= 11 is 0. The van der Waals surface area contributed by atoms with Gasteiger partial charge in [0.25, 0.3) is 0 Å². The van der Waals surface area contributed by atoms with Crippen LogP contribution < -0.4 is 5.32 Å². The second-order valence-electron chi connectivity index (χ2n) is 5.16. The number of nitrogens with zero attached hydrogens (tertiary/aromatic N) is 7. The molecule has 0 saturated carbocycles. The molecule has 3 aromatic heterocycles. The van der Waals surface area contributed by atoms with Gasteiger partial charge in [-0.15, -0.1) is 5.10 Å². The maximum atomic E-state index is 12.0. The number of pyridine rings is 1. The van der Waals surface area contributed by atoms with Crippen molar-refractivity contribution in [1.82, 2.24) is 40.6 Å². The van der Waals surface area contributed by atoms with Gasteiger partial charge in [-0.05, 0) is 36.4 Å². The first-order chi connectivity index (χ1) is 11.6. The molecule has 0 radical (unpaired) electrons. The largest absolute Gasteiger partial charge is 0.345 e. The molecule has 3 heterocycles. The minimum absolute atomic E-state index is 0.157. The van der Waals surface area contributed by atoms with Crippen molar-refractivity contribution in [3.05, 3.63) is 36.1 Å². The zero-order valence-electron chi connectivity index (χ0n) is 13.2. The molecule has 1 atom stereocenters. The van der Waals surface area contributed by atoms with Crippen molar-refractivity contribution in [2.24, 2.45) is 0 Å². The average Bonchev–Trinajstić information content (AvgIpc) is 3.23. The highest BCUT2D eigenvalue weighted by atomic mass is 16.5. The number of hydrogen-bond donors (Lipinski definition) is 1. The van der Waals surface area contributed by atoms with Gasteiger partial charge in [0.2, 0.25) is 17.6 Å². The van der Waals surface area contributed by atoms with Gasteiger partial charge in [-0.25, -0.2) is 4.68 Å². The van der Waals surface area contributed by atoms with E-state index in [1.165, 1.54) is 0 Å². The number of nitrogens with one attached hydrogen (secondary N) is 1. The van der Waals surface area contributed by atoms with Gasteiger partial charge in [-0.3, -0.25) is 9.78 Å². The summed E-state index contributed by atoms with van der Waals surface area (Å²) in [4.78, 5) is 20.4. The lowest BCUT2D eigenvalue weighted by molar-refractivity contribution is -0.122. The number of tetrazole rings is 1. The molecule has 0 aliphatic heterocycles. The van der Waals surface area contributed by atoms with Gasteiger partial charge in [-0.1, -0.05) is 11.2 Å². The Labute approximate surface area is 137 Å². The lowest BCUT2D eigenvalue weighted by atomic mass is 10.3. The van der Waals surface area contributed by atoms with Crippen LogP contribution in [0.5, 0.6) is 0 Å². The van der Waals surface area contributed by atoms with E-state index in [9.17, 15) is 4.79 Å². The van der Waals surface area contributed by atoms with Gasteiger partial charge in [0.1, 0.15) is 17.6 Å². The first-order valence-electron chi connectivity index (χ1n) is 7.40. The zero-order chi connectivity index (χ0) is 16.9. The topological polar surface area (TPSA) is 125 Å². The number of carbonyl (C=O) groups is 1. The molecular weight excluding hydrogens is 312 g/mol. The standard InChI is InChI=1S/C14H16N8O2/c1-9(16-12(23)6-8-22-10(2)18-20-21-22)14-17-13(19-24-14)11-5-3-4-7-15-11/h3-5,7,9H,6,8H2,1-2H3,(H,16,23). The van der Waals surface area contributed by atoms with Crippen LogP contribution in [0.1, 0.15) is 31.1 Å². The van der Waals surface area contributed by atoms with Crippen molar-refractivity contribution in [1.29, 1.82) is 0 Å². The average molecular weight is 328 g/mol. The Morgan fingerprint density at radius 3 is 3.00 bits per heavy atom. The van der Waals surface area contributed by atoms with E-state index in [2.05, 4.69) is 36.0 Å². The Kier molecular flexibility index (Phi) is 4.54. The fourth-order valence-corrected chi connectivity index (χ4v) is 2.05. The zero-order valence-corrected chi connectivity index (χ0v) is 13.2. The van der Waals surface area contributed by atoms with Crippen LogP contribution in [-0.4, -0.2) is 41.2 Å². The van der Waals surface area contributed by atoms with Crippen molar-refractivity contribution in [3.63, 3.8) is 0 Å². The van der Waals surface area contributed by atoms with Crippen LogP contribution in [0, 0.1) is 6.92 Å². The molecule has 1 N–H and O–H groups in total. The Balaban J connectivity index is 1.57. The summed E-state index contributed by atoms with van der Waals surface area (Å²) in [5, 5.41) is 17.8. The number of aromatic nitrogens is 7. The molecule has 0 aliphatic rings. The molecule has 0 bridgehead atoms. The van der Waals surface area contributed by atoms with Crippen molar-refractivity contribution in [3.8, 4) is 11.5 Å². The second kappa shape index (κ2) is 6.94. The molecule has 1 amide bonds. The van der Waals surface area contributed by atoms with Gasteiger partial charge in [-0.2, -0.15) is 4.98 Å². The highest BCUT2D eigenvalue weighted by Crippen LogP contribution is 2.16. The lowest BCUT2D eigenvalue weighted by Gasteiger charge is -2.09. The van der Waals surface area contributed by atoms with E-state index < -0.39 is 6.04 Å². The van der Waals surface area contributed by atoms with E-state index in [4.69, 9.17) is 4.52 Å². The third kappa shape index (κ3) is 3.59. The summed E-state index contributed by atoms with van der Waals surface area (Å²) in [7, 11) is 0. The van der Waals surface area contributed by atoms with E-state index in [1.807, 2.05) is 6.07 Å². The smallest absolute Gasteiger partial charge is 0.249 e. The highest BCUT2D eigenvalue weighted by Gasteiger charge is 2.18. The molecule has 10 nitrogen and oxygen atoms in total. The van der Waals surface area contributed by atoms with E-state index in [0.29, 0.717) is 29.8 Å². The Hall–Kier alpha value is -3.17. The first kappa shape index (κ1) is 15.7. The molecule has 0 fully saturated rings. The van der Waals surface area contributed by atoms with E-state index in [1.54, 1.807) is 36.9 Å². The Bertz CT molecular complexity index is 813.